The van der Waals surface area contributed by atoms with Crippen LogP contribution in [0.3, 0.4) is 0 Å². The largest absolute Gasteiger partial charge is 0.416 e. The van der Waals surface area contributed by atoms with E-state index in [0.717, 1.165) is 12.1 Å². The lowest BCUT2D eigenvalue weighted by Gasteiger charge is -2.13. The van der Waals surface area contributed by atoms with Crippen LogP contribution in [0.5, 0.6) is 0 Å². The van der Waals surface area contributed by atoms with Gasteiger partial charge in [-0.15, -0.1) is 0 Å². The lowest BCUT2D eigenvalue weighted by atomic mass is 9.96. The first kappa shape index (κ1) is 14.9. The number of alkyl halides is 3. The predicted octanol–water partition coefficient (Wildman–Crippen LogP) is 2.56. The van der Waals surface area contributed by atoms with Gasteiger partial charge in [-0.05, 0) is 29.3 Å². The molecule has 0 aromatic heterocycles. The Balaban J connectivity index is 2.63. The van der Waals surface area contributed by atoms with Gasteiger partial charge < -0.3 is 5.73 Å². The van der Waals surface area contributed by atoms with Crippen molar-refractivity contribution in [2.75, 3.05) is 5.73 Å². The lowest BCUT2D eigenvalue weighted by Crippen LogP contribution is -2.31. The smallest absolute Gasteiger partial charge is 0.398 e. The average molecular weight is 295 g/mol. The number of amides is 1. The molecule has 7 heteroatoms. The molecule has 2 aromatic rings. The molecular weight excluding hydrogens is 283 g/mol. The Hall–Kier alpha value is -2.54. The minimum absolute atomic E-state index is 0.0410. The van der Waals surface area contributed by atoms with Crippen molar-refractivity contribution in [3.8, 4) is 11.1 Å². The van der Waals surface area contributed by atoms with Crippen molar-refractivity contribution in [2.24, 2.45) is 5.84 Å². The van der Waals surface area contributed by atoms with Crippen LogP contribution in [0, 0.1) is 0 Å². The van der Waals surface area contributed by atoms with Gasteiger partial charge in [0, 0.05) is 5.69 Å². The number of rotatable bonds is 2. The monoisotopic (exact) mass is 295 g/mol. The number of hydrogen-bond acceptors (Lipinski definition) is 3. The van der Waals surface area contributed by atoms with Gasteiger partial charge in [0.15, 0.2) is 0 Å². The molecule has 0 aliphatic rings. The van der Waals surface area contributed by atoms with Gasteiger partial charge in [-0.1, -0.05) is 24.3 Å². The second-order valence-electron chi connectivity index (χ2n) is 4.32. The standard InChI is InChI=1S/C14H12F3N3O/c15-14(16,17)9-4-1-3-8(7-9)10-5-2-6-11(18)12(10)13(21)20-19/h1-7H,18-19H2,(H,20,21). The van der Waals surface area contributed by atoms with Crippen molar-refractivity contribution in [2.45, 2.75) is 6.18 Å². The topological polar surface area (TPSA) is 81.1 Å². The molecule has 1 amide bonds. The normalized spacial score (nSPS) is 11.2. The number of carbonyl (C=O) groups excluding carboxylic acids is 1. The molecule has 0 aliphatic heterocycles. The van der Waals surface area contributed by atoms with Crippen LogP contribution in [-0.2, 0) is 6.18 Å². The van der Waals surface area contributed by atoms with Crippen molar-refractivity contribution in [1.29, 1.82) is 0 Å². The summed E-state index contributed by atoms with van der Waals surface area (Å²) >= 11 is 0. The van der Waals surface area contributed by atoms with E-state index in [9.17, 15) is 18.0 Å². The molecule has 2 rings (SSSR count). The zero-order chi connectivity index (χ0) is 15.6. The Labute approximate surface area is 118 Å². The van der Waals surface area contributed by atoms with E-state index >= 15 is 0 Å². The number of anilines is 1. The van der Waals surface area contributed by atoms with Crippen LogP contribution in [-0.4, -0.2) is 5.91 Å². The molecule has 110 valence electrons. The number of carbonyl (C=O) groups is 1. The van der Waals surface area contributed by atoms with E-state index in [4.69, 9.17) is 11.6 Å². The summed E-state index contributed by atoms with van der Waals surface area (Å²) in [7, 11) is 0. The van der Waals surface area contributed by atoms with Gasteiger partial charge in [-0.25, -0.2) is 5.84 Å². The van der Waals surface area contributed by atoms with Crippen molar-refractivity contribution in [1.82, 2.24) is 5.43 Å². The second-order valence-corrected chi connectivity index (χ2v) is 4.32. The van der Waals surface area contributed by atoms with Crippen molar-refractivity contribution in [3.05, 3.63) is 53.6 Å². The molecule has 0 aliphatic carbocycles. The van der Waals surface area contributed by atoms with Gasteiger partial charge in [0.25, 0.3) is 5.91 Å². The number of nitrogen functional groups attached to an aromatic ring is 2. The summed E-state index contributed by atoms with van der Waals surface area (Å²) < 4.78 is 38.3. The maximum Gasteiger partial charge on any atom is 0.416 e. The van der Waals surface area contributed by atoms with Crippen LogP contribution < -0.4 is 17.0 Å². The molecule has 0 unspecified atom stereocenters. The van der Waals surface area contributed by atoms with Gasteiger partial charge in [0.2, 0.25) is 0 Å². The zero-order valence-corrected chi connectivity index (χ0v) is 10.7. The van der Waals surface area contributed by atoms with E-state index in [1.807, 2.05) is 5.43 Å². The number of hydrazine groups is 1. The molecule has 0 saturated carbocycles. The van der Waals surface area contributed by atoms with E-state index in [2.05, 4.69) is 0 Å². The number of nitrogens with one attached hydrogen (secondary N) is 1. The number of benzene rings is 2. The highest BCUT2D eigenvalue weighted by Gasteiger charge is 2.30. The third-order valence-corrected chi connectivity index (χ3v) is 2.96. The third kappa shape index (κ3) is 2.97. The third-order valence-electron chi connectivity index (χ3n) is 2.96. The molecule has 2 aromatic carbocycles. The molecule has 4 nitrogen and oxygen atoms in total. The average Bonchev–Trinajstić information content (AvgIpc) is 2.45. The summed E-state index contributed by atoms with van der Waals surface area (Å²) in [6.07, 6.45) is -4.47. The van der Waals surface area contributed by atoms with E-state index in [1.165, 1.54) is 24.3 Å². The van der Waals surface area contributed by atoms with Gasteiger partial charge >= 0.3 is 6.18 Å². The van der Waals surface area contributed by atoms with Gasteiger partial charge in [-0.2, -0.15) is 13.2 Å². The fourth-order valence-corrected chi connectivity index (χ4v) is 2.00. The van der Waals surface area contributed by atoms with Crippen molar-refractivity contribution >= 4 is 11.6 Å². The molecule has 0 saturated heterocycles. The minimum atomic E-state index is -4.47. The predicted molar refractivity (Wildman–Crippen MR) is 72.9 cm³/mol. The summed E-state index contributed by atoms with van der Waals surface area (Å²) in [5.74, 6) is 4.42. The summed E-state index contributed by atoms with van der Waals surface area (Å²) in [6, 6.07) is 9.19. The summed E-state index contributed by atoms with van der Waals surface area (Å²) in [4.78, 5) is 11.8. The fraction of sp³-hybridized carbons (Fsp3) is 0.0714. The van der Waals surface area contributed by atoms with Crippen LogP contribution in [0.1, 0.15) is 15.9 Å². The molecule has 0 spiro atoms. The number of nitrogens with two attached hydrogens (primary N) is 2. The summed E-state index contributed by atoms with van der Waals surface area (Å²) in [5, 5.41) is 0. The second kappa shape index (κ2) is 5.45. The van der Waals surface area contributed by atoms with Crippen LogP contribution in [0.4, 0.5) is 18.9 Å². The molecule has 0 radical (unpaired) electrons. The van der Waals surface area contributed by atoms with Gasteiger partial charge in [0.05, 0.1) is 11.1 Å². The van der Waals surface area contributed by atoms with Crippen LogP contribution in [0.15, 0.2) is 42.5 Å². The quantitative estimate of drug-likeness (QED) is 0.345. The number of hydrogen-bond donors (Lipinski definition) is 3. The highest BCUT2D eigenvalue weighted by molar-refractivity contribution is 6.05. The maximum atomic E-state index is 12.8. The van der Waals surface area contributed by atoms with E-state index in [-0.39, 0.29) is 22.4 Å². The highest BCUT2D eigenvalue weighted by atomic mass is 19.4. The molecule has 21 heavy (non-hydrogen) atoms. The Kier molecular flexibility index (Phi) is 3.86. The molecule has 0 bridgehead atoms. The highest BCUT2D eigenvalue weighted by Crippen LogP contribution is 2.34. The Morgan fingerprint density at radius 1 is 1.10 bits per heavy atom. The maximum absolute atomic E-state index is 12.8. The first-order valence-corrected chi connectivity index (χ1v) is 5.91. The SMILES string of the molecule is NNC(=O)c1c(N)cccc1-c1cccc(C(F)(F)F)c1. The van der Waals surface area contributed by atoms with Gasteiger partial charge in [0.1, 0.15) is 0 Å². The Bertz CT molecular complexity index is 683. The first-order chi connectivity index (χ1) is 9.84. The molecule has 0 fully saturated rings. The van der Waals surface area contributed by atoms with E-state index in [0.29, 0.717) is 0 Å². The first-order valence-electron chi connectivity index (χ1n) is 5.91. The van der Waals surface area contributed by atoms with Crippen LogP contribution >= 0.6 is 0 Å². The fourth-order valence-electron chi connectivity index (χ4n) is 2.00. The van der Waals surface area contributed by atoms with Gasteiger partial charge in [-0.3, -0.25) is 10.2 Å². The lowest BCUT2D eigenvalue weighted by molar-refractivity contribution is -0.137. The molecule has 0 heterocycles. The number of halogens is 3. The van der Waals surface area contributed by atoms with E-state index < -0.39 is 17.6 Å². The molecule has 0 atom stereocenters. The zero-order valence-electron chi connectivity index (χ0n) is 10.7. The molecular formula is C14H12F3N3O. The van der Waals surface area contributed by atoms with Crippen LogP contribution in [0.2, 0.25) is 0 Å². The van der Waals surface area contributed by atoms with Crippen LogP contribution in [0.25, 0.3) is 11.1 Å². The summed E-state index contributed by atoms with van der Waals surface area (Å²) in [5.41, 5.74) is 7.54. The Morgan fingerprint density at radius 3 is 2.38 bits per heavy atom. The molecule has 5 N–H and O–H groups in total. The van der Waals surface area contributed by atoms with E-state index in [1.54, 1.807) is 6.07 Å². The Morgan fingerprint density at radius 2 is 1.76 bits per heavy atom. The summed E-state index contributed by atoms with van der Waals surface area (Å²) in [6.45, 7) is 0. The van der Waals surface area contributed by atoms with Crippen molar-refractivity contribution < 1.29 is 18.0 Å². The minimum Gasteiger partial charge on any atom is -0.398 e. The van der Waals surface area contributed by atoms with Crippen molar-refractivity contribution in [3.63, 3.8) is 0 Å².